The second-order valence-corrected chi connectivity index (χ2v) is 8.14. The van der Waals surface area contributed by atoms with Crippen LogP contribution in [0.1, 0.15) is 22.3 Å². The Morgan fingerprint density at radius 1 is 0.967 bits per heavy atom. The van der Waals surface area contributed by atoms with E-state index in [1.807, 2.05) is 61.5 Å². The monoisotopic (exact) mass is 414 g/mol. The molecule has 0 aromatic heterocycles. The second-order valence-electron chi connectivity index (χ2n) is 7.11. The van der Waals surface area contributed by atoms with Crippen LogP contribution in [0.25, 0.3) is 6.08 Å². The zero-order valence-corrected chi connectivity index (χ0v) is 17.7. The number of nitrogens with zero attached hydrogens (tertiary/aromatic N) is 1. The van der Waals surface area contributed by atoms with Crippen molar-refractivity contribution in [3.8, 4) is 5.75 Å². The van der Waals surface area contributed by atoms with Crippen LogP contribution >= 0.6 is 11.8 Å². The quantitative estimate of drug-likeness (QED) is 0.539. The molecule has 0 unspecified atom stereocenters. The van der Waals surface area contributed by atoms with Gasteiger partial charge in [0, 0.05) is 0 Å². The summed E-state index contributed by atoms with van der Waals surface area (Å²) >= 11 is 1.35. The third-order valence-corrected chi connectivity index (χ3v) is 5.60. The molecule has 150 valence electrons. The third kappa shape index (κ3) is 4.99. The van der Waals surface area contributed by atoms with Crippen LogP contribution in [0.3, 0.4) is 0 Å². The number of carbonyl (C=O) groups excluding carboxylic acids is 1. The number of thioether (sulfide) groups is 1. The number of para-hydroxylation sites is 1. The average Bonchev–Trinajstić information content (AvgIpc) is 3.09. The SMILES string of the molecule is Cc1ccc(COc2ccc(C=C3SC(=Nc4ccccc4C)NC3=O)cc2)cc1. The number of benzene rings is 3. The van der Waals surface area contributed by atoms with E-state index in [2.05, 4.69) is 41.5 Å². The Bertz CT molecular complexity index is 1120. The van der Waals surface area contributed by atoms with Crippen LogP contribution in [-0.4, -0.2) is 11.1 Å². The lowest BCUT2D eigenvalue weighted by Gasteiger charge is -2.07. The van der Waals surface area contributed by atoms with Gasteiger partial charge in [0.05, 0.1) is 10.6 Å². The van der Waals surface area contributed by atoms with Gasteiger partial charge in [0.25, 0.3) is 5.91 Å². The molecule has 1 N–H and O–H groups in total. The van der Waals surface area contributed by atoms with Gasteiger partial charge in [-0.15, -0.1) is 0 Å². The minimum atomic E-state index is -0.132. The lowest BCUT2D eigenvalue weighted by Crippen LogP contribution is -2.19. The summed E-state index contributed by atoms with van der Waals surface area (Å²) in [6.45, 7) is 4.59. The maximum atomic E-state index is 12.3. The molecule has 0 saturated carbocycles. The molecule has 0 bridgehead atoms. The van der Waals surface area contributed by atoms with Crippen LogP contribution in [-0.2, 0) is 11.4 Å². The molecule has 4 nitrogen and oxygen atoms in total. The Balaban J connectivity index is 1.41. The average molecular weight is 415 g/mol. The van der Waals surface area contributed by atoms with Crippen molar-refractivity contribution in [2.45, 2.75) is 20.5 Å². The number of hydrogen-bond donors (Lipinski definition) is 1. The van der Waals surface area contributed by atoms with Crippen molar-refractivity contribution in [3.63, 3.8) is 0 Å². The molecular weight excluding hydrogens is 392 g/mol. The summed E-state index contributed by atoms with van der Waals surface area (Å²) in [5.74, 6) is 0.662. The Kier molecular flexibility index (Phi) is 6.00. The Morgan fingerprint density at radius 2 is 1.70 bits per heavy atom. The third-order valence-electron chi connectivity index (χ3n) is 4.69. The fourth-order valence-corrected chi connectivity index (χ4v) is 3.78. The van der Waals surface area contributed by atoms with Crippen molar-refractivity contribution >= 4 is 34.6 Å². The highest BCUT2D eigenvalue weighted by Gasteiger charge is 2.23. The van der Waals surface area contributed by atoms with Crippen LogP contribution in [0.4, 0.5) is 5.69 Å². The first-order chi connectivity index (χ1) is 14.6. The molecule has 1 saturated heterocycles. The predicted octanol–water partition coefficient (Wildman–Crippen LogP) is 5.77. The summed E-state index contributed by atoms with van der Waals surface area (Å²) in [7, 11) is 0. The standard InChI is InChI=1S/C25H22N2O2S/c1-17-7-9-20(10-8-17)16-29-21-13-11-19(12-14-21)15-23-24(28)27-25(30-23)26-22-6-4-3-5-18(22)2/h3-15H,16H2,1-2H3,(H,26,27,28). The van der Waals surface area contributed by atoms with Gasteiger partial charge >= 0.3 is 0 Å². The summed E-state index contributed by atoms with van der Waals surface area (Å²) in [4.78, 5) is 17.5. The van der Waals surface area contributed by atoms with Gasteiger partial charge in [-0.3, -0.25) is 4.79 Å². The molecule has 4 rings (SSSR count). The van der Waals surface area contributed by atoms with Gasteiger partial charge in [0.15, 0.2) is 5.17 Å². The van der Waals surface area contributed by atoms with Crippen molar-refractivity contribution in [2.24, 2.45) is 4.99 Å². The maximum absolute atomic E-state index is 12.3. The van der Waals surface area contributed by atoms with E-state index in [0.29, 0.717) is 16.7 Å². The molecule has 3 aromatic carbocycles. The van der Waals surface area contributed by atoms with Gasteiger partial charge in [-0.05, 0) is 66.6 Å². The molecule has 1 heterocycles. The molecule has 0 aliphatic carbocycles. The van der Waals surface area contributed by atoms with Crippen LogP contribution < -0.4 is 10.1 Å². The fourth-order valence-electron chi connectivity index (χ4n) is 2.94. The van der Waals surface area contributed by atoms with Crippen molar-refractivity contribution in [3.05, 3.63) is 100.0 Å². The first kappa shape index (κ1) is 20.0. The first-order valence-corrected chi connectivity index (χ1v) is 10.5. The minimum absolute atomic E-state index is 0.132. The van der Waals surface area contributed by atoms with Gasteiger partial charge < -0.3 is 10.1 Å². The Morgan fingerprint density at radius 3 is 2.43 bits per heavy atom. The fraction of sp³-hybridized carbons (Fsp3) is 0.120. The van der Waals surface area contributed by atoms with Gasteiger partial charge in [0.2, 0.25) is 0 Å². The van der Waals surface area contributed by atoms with E-state index >= 15 is 0 Å². The maximum Gasteiger partial charge on any atom is 0.264 e. The smallest absolute Gasteiger partial charge is 0.264 e. The molecule has 1 aliphatic rings. The van der Waals surface area contributed by atoms with E-state index in [0.717, 1.165) is 28.1 Å². The Labute approximate surface area is 180 Å². The van der Waals surface area contributed by atoms with E-state index in [1.165, 1.54) is 17.3 Å². The second kappa shape index (κ2) is 9.01. The van der Waals surface area contributed by atoms with E-state index in [1.54, 1.807) is 0 Å². The molecule has 5 heteroatoms. The summed E-state index contributed by atoms with van der Waals surface area (Å²) in [5, 5.41) is 3.43. The molecule has 0 atom stereocenters. The van der Waals surface area contributed by atoms with Gasteiger partial charge in [0.1, 0.15) is 12.4 Å². The number of aryl methyl sites for hydroxylation is 2. The topological polar surface area (TPSA) is 50.7 Å². The normalized spacial score (nSPS) is 16.1. The Hall–Kier alpha value is -3.31. The molecule has 0 radical (unpaired) electrons. The molecular formula is C25H22N2O2S. The number of carbonyl (C=O) groups is 1. The highest BCUT2D eigenvalue weighted by Crippen LogP contribution is 2.29. The van der Waals surface area contributed by atoms with E-state index in [-0.39, 0.29) is 5.91 Å². The number of amides is 1. The molecule has 0 spiro atoms. The highest BCUT2D eigenvalue weighted by atomic mass is 32.2. The van der Waals surface area contributed by atoms with Crippen LogP contribution in [0.15, 0.2) is 82.7 Å². The number of aliphatic imine (C=N–C) groups is 1. The van der Waals surface area contributed by atoms with E-state index in [4.69, 9.17) is 4.74 Å². The van der Waals surface area contributed by atoms with Crippen LogP contribution in [0.5, 0.6) is 5.75 Å². The van der Waals surface area contributed by atoms with E-state index < -0.39 is 0 Å². The molecule has 1 amide bonds. The van der Waals surface area contributed by atoms with Crippen molar-refractivity contribution < 1.29 is 9.53 Å². The lowest BCUT2D eigenvalue weighted by atomic mass is 10.1. The summed E-state index contributed by atoms with van der Waals surface area (Å²) in [6, 6.07) is 23.9. The summed E-state index contributed by atoms with van der Waals surface area (Å²) in [5.41, 5.74) is 5.23. The van der Waals surface area contributed by atoms with Gasteiger partial charge in [-0.25, -0.2) is 4.99 Å². The van der Waals surface area contributed by atoms with Crippen molar-refractivity contribution in [2.75, 3.05) is 0 Å². The summed E-state index contributed by atoms with van der Waals surface area (Å²) < 4.78 is 5.85. The largest absolute Gasteiger partial charge is 0.489 e. The molecule has 3 aromatic rings. The zero-order valence-electron chi connectivity index (χ0n) is 16.9. The molecule has 1 fully saturated rings. The molecule has 1 aliphatic heterocycles. The number of rotatable bonds is 5. The van der Waals surface area contributed by atoms with Crippen molar-refractivity contribution in [1.82, 2.24) is 5.32 Å². The lowest BCUT2D eigenvalue weighted by molar-refractivity contribution is -0.115. The number of amidine groups is 1. The first-order valence-electron chi connectivity index (χ1n) is 9.70. The highest BCUT2D eigenvalue weighted by molar-refractivity contribution is 8.18. The van der Waals surface area contributed by atoms with Crippen LogP contribution in [0.2, 0.25) is 0 Å². The van der Waals surface area contributed by atoms with Gasteiger partial charge in [-0.2, -0.15) is 0 Å². The number of nitrogens with one attached hydrogen (secondary N) is 1. The van der Waals surface area contributed by atoms with Crippen molar-refractivity contribution in [1.29, 1.82) is 0 Å². The molecule has 30 heavy (non-hydrogen) atoms. The number of hydrogen-bond acceptors (Lipinski definition) is 4. The van der Waals surface area contributed by atoms with Crippen LogP contribution in [0, 0.1) is 13.8 Å². The minimum Gasteiger partial charge on any atom is -0.489 e. The predicted molar refractivity (Wildman–Crippen MR) is 124 cm³/mol. The zero-order chi connectivity index (χ0) is 20.9. The van der Waals surface area contributed by atoms with Gasteiger partial charge in [-0.1, -0.05) is 60.2 Å². The van der Waals surface area contributed by atoms with E-state index in [9.17, 15) is 4.79 Å². The summed E-state index contributed by atoms with van der Waals surface area (Å²) in [6.07, 6.45) is 1.87. The number of ether oxygens (including phenoxy) is 1.